The zero-order chi connectivity index (χ0) is 18.6. The summed E-state index contributed by atoms with van der Waals surface area (Å²) >= 11 is 0. The number of ketones is 2. The minimum absolute atomic E-state index is 0.0407. The second-order valence-corrected chi connectivity index (χ2v) is 6.55. The first-order valence-electron chi connectivity index (χ1n) is 7.67. The van der Waals surface area contributed by atoms with Crippen LogP contribution in [0, 0.1) is 17.2 Å². The van der Waals surface area contributed by atoms with Crippen LogP contribution in [-0.4, -0.2) is 23.0 Å². The number of carbonyl (C=O) groups excluding carboxylic acids is 3. The molecule has 2 rings (SSSR count). The standard InChI is InChI=1S/C19H18N2O4/c1-19(2,3)21-18(24)13-8-6-12(7-9-13)16(22)14(11-20)17(23)15-5-4-10-25-15/h4-10,14H,1-3H3,(H,21,24)/t14-/m1/s1. The van der Waals surface area contributed by atoms with Crippen molar-refractivity contribution in [3.05, 3.63) is 59.5 Å². The molecule has 6 heteroatoms. The Labute approximate surface area is 145 Å². The van der Waals surface area contributed by atoms with Crippen molar-refractivity contribution in [2.75, 3.05) is 0 Å². The van der Waals surface area contributed by atoms with Gasteiger partial charge in [-0.25, -0.2) is 0 Å². The quantitative estimate of drug-likeness (QED) is 0.667. The highest BCUT2D eigenvalue weighted by Gasteiger charge is 2.30. The van der Waals surface area contributed by atoms with E-state index >= 15 is 0 Å². The maximum Gasteiger partial charge on any atom is 0.251 e. The number of Topliss-reactive ketones (excluding diaryl/α,β-unsaturated/α-hetero) is 2. The molecular weight excluding hydrogens is 320 g/mol. The molecule has 0 saturated heterocycles. The molecule has 1 aromatic carbocycles. The summed E-state index contributed by atoms with van der Waals surface area (Å²) in [5.41, 5.74) is 0.184. The van der Waals surface area contributed by atoms with Crippen LogP contribution in [0.25, 0.3) is 0 Å². The van der Waals surface area contributed by atoms with Crippen LogP contribution >= 0.6 is 0 Å². The predicted molar refractivity (Wildman–Crippen MR) is 90.1 cm³/mol. The van der Waals surface area contributed by atoms with Gasteiger partial charge in [-0.05, 0) is 45.0 Å². The molecule has 0 aliphatic carbocycles. The Morgan fingerprint density at radius 1 is 1.04 bits per heavy atom. The van der Waals surface area contributed by atoms with E-state index < -0.39 is 17.5 Å². The molecule has 6 nitrogen and oxygen atoms in total. The number of nitrogens with zero attached hydrogens (tertiary/aromatic N) is 1. The number of carbonyl (C=O) groups is 3. The summed E-state index contributed by atoms with van der Waals surface area (Å²) in [5.74, 6) is -3.12. The fourth-order valence-corrected chi connectivity index (χ4v) is 2.16. The van der Waals surface area contributed by atoms with Crippen LogP contribution in [0.1, 0.15) is 52.0 Å². The summed E-state index contributed by atoms with van der Waals surface area (Å²) in [4.78, 5) is 36.7. The fourth-order valence-electron chi connectivity index (χ4n) is 2.16. The van der Waals surface area contributed by atoms with E-state index in [2.05, 4.69) is 5.32 Å². The van der Waals surface area contributed by atoms with Crippen molar-refractivity contribution in [1.29, 1.82) is 5.26 Å². The number of hydrogen-bond acceptors (Lipinski definition) is 5. The molecule has 1 aromatic heterocycles. The number of amides is 1. The topological polar surface area (TPSA) is 100 Å². The van der Waals surface area contributed by atoms with Crippen molar-refractivity contribution >= 4 is 17.5 Å². The summed E-state index contributed by atoms with van der Waals surface area (Å²) in [6.07, 6.45) is 1.30. The molecule has 0 radical (unpaired) electrons. The minimum Gasteiger partial charge on any atom is -0.461 e. The van der Waals surface area contributed by atoms with E-state index in [0.717, 1.165) is 0 Å². The Morgan fingerprint density at radius 2 is 1.64 bits per heavy atom. The maximum atomic E-state index is 12.4. The molecule has 0 aliphatic heterocycles. The van der Waals surface area contributed by atoms with Gasteiger partial charge in [-0.15, -0.1) is 0 Å². The molecule has 0 spiro atoms. The molecule has 128 valence electrons. The smallest absolute Gasteiger partial charge is 0.251 e. The van der Waals surface area contributed by atoms with Gasteiger partial charge in [0, 0.05) is 16.7 Å². The summed E-state index contributed by atoms with van der Waals surface area (Å²) in [5, 5.41) is 12.0. The number of furan rings is 1. The van der Waals surface area contributed by atoms with E-state index in [1.54, 1.807) is 6.07 Å². The molecule has 0 saturated carbocycles. The van der Waals surface area contributed by atoms with Crippen LogP contribution < -0.4 is 5.32 Å². The predicted octanol–water partition coefficient (Wildman–Crippen LogP) is 3.01. The summed E-state index contributed by atoms with van der Waals surface area (Å²) in [6.45, 7) is 5.58. The van der Waals surface area contributed by atoms with Crippen LogP contribution in [0.5, 0.6) is 0 Å². The van der Waals surface area contributed by atoms with Crippen LogP contribution in [0.3, 0.4) is 0 Å². The van der Waals surface area contributed by atoms with Crippen molar-refractivity contribution in [2.24, 2.45) is 5.92 Å². The van der Waals surface area contributed by atoms with Gasteiger partial charge in [-0.2, -0.15) is 5.26 Å². The Hall–Kier alpha value is -3.20. The number of nitriles is 1. The Bertz CT molecular complexity index is 822. The Morgan fingerprint density at radius 3 is 2.12 bits per heavy atom. The van der Waals surface area contributed by atoms with Crippen molar-refractivity contribution in [1.82, 2.24) is 5.32 Å². The minimum atomic E-state index is -1.49. The van der Waals surface area contributed by atoms with Crippen LogP contribution in [0.4, 0.5) is 0 Å². The van der Waals surface area contributed by atoms with E-state index in [9.17, 15) is 19.6 Å². The van der Waals surface area contributed by atoms with Crippen molar-refractivity contribution < 1.29 is 18.8 Å². The zero-order valence-corrected chi connectivity index (χ0v) is 14.2. The highest BCUT2D eigenvalue weighted by atomic mass is 16.3. The molecule has 0 bridgehead atoms. The second-order valence-electron chi connectivity index (χ2n) is 6.55. The van der Waals surface area contributed by atoms with E-state index in [-0.39, 0.29) is 22.8 Å². The van der Waals surface area contributed by atoms with Gasteiger partial charge in [-0.1, -0.05) is 12.1 Å². The summed E-state index contributed by atoms with van der Waals surface area (Å²) in [6, 6.07) is 10.5. The molecule has 1 N–H and O–H groups in total. The molecule has 25 heavy (non-hydrogen) atoms. The monoisotopic (exact) mass is 338 g/mol. The van der Waals surface area contributed by atoms with Crippen molar-refractivity contribution in [2.45, 2.75) is 26.3 Å². The van der Waals surface area contributed by atoms with E-state index in [0.29, 0.717) is 5.56 Å². The van der Waals surface area contributed by atoms with Crippen LogP contribution in [0.2, 0.25) is 0 Å². The number of hydrogen-bond donors (Lipinski definition) is 1. The van der Waals surface area contributed by atoms with Crippen LogP contribution in [-0.2, 0) is 0 Å². The van der Waals surface area contributed by atoms with Gasteiger partial charge in [0.05, 0.1) is 12.3 Å². The van der Waals surface area contributed by atoms with Gasteiger partial charge in [0.1, 0.15) is 0 Å². The van der Waals surface area contributed by atoms with Gasteiger partial charge >= 0.3 is 0 Å². The van der Waals surface area contributed by atoms with Crippen LogP contribution in [0.15, 0.2) is 47.1 Å². The molecule has 0 fully saturated rings. The Kier molecular flexibility index (Phi) is 5.18. The van der Waals surface area contributed by atoms with Gasteiger partial charge in [0.2, 0.25) is 5.78 Å². The molecule has 2 aromatic rings. The first-order valence-corrected chi connectivity index (χ1v) is 7.67. The Balaban J connectivity index is 2.18. The lowest BCUT2D eigenvalue weighted by molar-refractivity contribution is 0.0827. The average Bonchev–Trinajstić information content (AvgIpc) is 3.08. The maximum absolute atomic E-state index is 12.4. The van der Waals surface area contributed by atoms with Crippen molar-refractivity contribution in [3.63, 3.8) is 0 Å². The largest absolute Gasteiger partial charge is 0.461 e. The molecule has 0 aliphatic rings. The third-order valence-electron chi connectivity index (χ3n) is 3.34. The lowest BCUT2D eigenvalue weighted by Gasteiger charge is -2.20. The zero-order valence-electron chi connectivity index (χ0n) is 14.2. The normalized spacial score (nSPS) is 12.1. The lowest BCUT2D eigenvalue weighted by Crippen LogP contribution is -2.40. The second kappa shape index (κ2) is 7.14. The molecule has 1 amide bonds. The average molecular weight is 338 g/mol. The van der Waals surface area contributed by atoms with Gasteiger partial charge in [0.15, 0.2) is 17.5 Å². The summed E-state index contributed by atoms with van der Waals surface area (Å²) in [7, 11) is 0. The van der Waals surface area contributed by atoms with Gasteiger partial charge in [0.25, 0.3) is 5.91 Å². The number of rotatable bonds is 5. The molecule has 0 unspecified atom stereocenters. The first kappa shape index (κ1) is 18.1. The molecule has 1 heterocycles. The molecule has 1 atom stereocenters. The first-order chi connectivity index (χ1) is 11.7. The number of benzene rings is 1. The lowest BCUT2D eigenvalue weighted by atomic mass is 9.93. The van der Waals surface area contributed by atoms with Gasteiger partial charge < -0.3 is 9.73 Å². The number of nitrogens with one attached hydrogen (secondary N) is 1. The highest BCUT2D eigenvalue weighted by molar-refractivity contribution is 6.17. The fraction of sp³-hybridized carbons (Fsp3) is 0.263. The third-order valence-corrected chi connectivity index (χ3v) is 3.34. The highest BCUT2D eigenvalue weighted by Crippen LogP contribution is 2.16. The van der Waals surface area contributed by atoms with Gasteiger partial charge in [-0.3, -0.25) is 14.4 Å². The molecular formula is C19H18N2O4. The van der Waals surface area contributed by atoms with E-state index in [1.165, 1.54) is 42.7 Å². The van der Waals surface area contributed by atoms with Crippen molar-refractivity contribution in [3.8, 4) is 6.07 Å². The van der Waals surface area contributed by atoms with E-state index in [1.807, 2.05) is 20.8 Å². The third kappa shape index (κ3) is 4.42. The van der Waals surface area contributed by atoms with E-state index in [4.69, 9.17) is 4.42 Å². The SMILES string of the molecule is CC(C)(C)NC(=O)c1ccc(C(=O)[C@@H](C#N)C(=O)c2ccco2)cc1. The summed E-state index contributed by atoms with van der Waals surface area (Å²) < 4.78 is 4.96.